The van der Waals surface area contributed by atoms with E-state index < -0.39 is 5.82 Å². The SMILES string of the molecule is Cc1ccc(F)c(O)c1[C@@H](C1CCCC1)N1CCNCC1. The summed E-state index contributed by atoms with van der Waals surface area (Å²) in [5, 5.41) is 13.7. The minimum Gasteiger partial charge on any atom is -0.505 e. The van der Waals surface area contributed by atoms with E-state index in [9.17, 15) is 9.50 Å². The van der Waals surface area contributed by atoms with Crippen molar-refractivity contribution in [3.63, 3.8) is 0 Å². The second kappa shape index (κ2) is 6.32. The van der Waals surface area contributed by atoms with E-state index >= 15 is 0 Å². The Morgan fingerprint density at radius 1 is 1.24 bits per heavy atom. The van der Waals surface area contributed by atoms with Crippen molar-refractivity contribution in [2.24, 2.45) is 5.92 Å². The molecule has 116 valence electrons. The van der Waals surface area contributed by atoms with Gasteiger partial charge in [-0.1, -0.05) is 18.9 Å². The van der Waals surface area contributed by atoms with Crippen molar-refractivity contribution in [3.8, 4) is 5.75 Å². The quantitative estimate of drug-likeness (QED) is 0.899. The van der Waals surface area contributed by atoms with Crippen LogP contribution in [0, 0.1) is 18.7 Å². The van der Waals surface area contributed by atoms with Crippen molar-refractivity contribution in [2.75, 3.05) is 26.2 Å². The van der Waals surface area contributed by atoms with Crippen molar-refractivity contribution >= 4 is 0 Å². The lowest BCUT2D eigenvalue weighted by Gasteiger charge is -2.39. The van der Waals surface area contributed by atoms with E-state index in [0.29, 0.717) is 5.92 Å². The van der Waals surface area contributed by atoms with Crippen molar-refractivity contribution in [1.82, 2.24) is 10.2 Å². The molecule has 0 radical (unpaired) electrons. The van der Waals surface area contributed by atoms with E-state index in [4.69, 9.17) is 0 Å². The molecule has 1 heterocycles. The Morgan fingerprint density at radius 2 is 1.90 bits per heavy atom. The number of piperazine rings is 1. The number of halogens is 1. The Balaban J connectivity index is 1.99. The third-order valence-electron chi connectivity index (χ3n) is 5.07. The number of rotatable bonds is 3. The molecule has 2 aliphatic rings. The molecule has 4 heteroatoms. The summed E-state index contributed by atoms with van der Waals surface area (Å²) in [7, 11) is 0. The second-order valence-corrected chi connectivity index (χ2v) is 6.40. The molecule has 2 N–H and O–H groups in total. The van der Waals surface area contributed by atoms with Gasteiger partial charge in [-0.2, -0.15) is 0 Å². The molecular weight excluding hydrogens is 267 g/mol. The Labute approximate surface area is 126 Å². The van der Waals surface area contributed by atoms with E-state index in [2.05, 4.69) is 10.2 Å². The zero-order chi connectivity index (χ0) is 14.8. The van der Waals surface area contributed by atoms with Gasteiger partial charge in [-0.05, 0) is 37.3 Å². The highest BCUT2D eigenvalue weighted by molar-refractivity contribution is 5.42. The molecular formula is C17H25FN2O. The summed E-state index contributed by atoms with van der Waals surface area (Å²) in [6.45, 7) is 5.86. The predicted octanol–water partition coefficient (Wildman–Crippen LogP) is 2.98. The lowest BCUT2D eigenvalue weighted by atomic mass is 9.86. The molecule has 1 saturated heterocycles. The van der Waals surface area contributed by atoms with Crippen LogP contribution in [0.15, 0.2) is 12.1 Å². The normalized spacial score (nSPS) is 22.6. The molecule has 1 saturated carbocycles. The van der Waals surface area contributed by atoms with Gasteiger partial charge < -0.3 is 10.4 Å². The zero-order valence-corrected chi connectivity index (χ0v) is 12.7. The number of nitrogens with zero attached hydrogens (tertiary/aromatic N) is 1. The number of hydrogen-bond acceptors (Lipinski definition) is 3. The molecule has 21 heavy (non-hydrogen) atoms. The Hall–Kier alpha value is -1.13. The molecule has 3 nitrogen and oxygen atoms in total. The van der Waals surface area contributed by atoms with Crippen LogP contribution < -0.4 is 5.32 Å². The Morgan fingerprint density at radius 3 is 2.57 bits per heavy atom. The number of aromatic hydroxyl groups is 1. The standard InChI is InChI=1S/C17H25FN2O/c1-12-6-7-14(18)17(21)15(12)16(13-4-2-3-5-13)20-10-8-19-9-11-20/h6-7,13,16,19,21H,2-5,8-11H2,1H3/t16-/m1/s1. The number of nitrogens with one attached hydrogen (secondary N) is 1. The van der Waals surface area contributed by atoms with Crippen molar-refractivity contribution in [2.45, 2.75) is 38.6 Å². The highest BCUT2D eigenvalue weighted by Crippen LogP contribution is 2.44. The number of hydrogen-bond donors (Lipinski definition) is 2. The van der Waals surface area contributed by atoms with Crippen LogP contribution in [-0.4, -0.2) is 36.2 Å². The van der Waals surface area contributed by atoms with Gasteiger partial charge in [0.15, 0.2) is 11.6 Å². The van der Waals surface area contributed by atoms with Crippen LogP contribution in [0.2, 0.25) is 0 Å². The second-order valence-electron chi connectivity index (χ2n) is 6.40. The van der Waals surface area contributed by atoms with Crippen LogP contribution in [0.25, 0.3) is 0 Å². The third kappa shape index (κ3) is 2.92. The molecule has 1 aromatic rings. The van der Waals surface area contributed by atoms with Gasteiger partial charge in [-0.15, -0.1) is 0 Å². The summed E-state index contributed by atoms with van der Waals surface area (Å²) in [5.74, 6) is -0.0892. The molecule has 3 rings (SSSR count). The molecule has 1 aromatic carbocycles. The van der Waals surface area contributed by atoms with Gasteiger partial charge in [0.05, 0.1) is 0 Å². The molecule has 0 unspecified atom stereocenters. The Kier molecular flexibility index (Phi) is 4.45. The monoisotopic (exact) mass is 292 g/mol. The minimum absolute atomic E-state index is 0.134. The number of benzene rings is 1. The van der Waals surface area contributed by atoms with Gasteiger partial charge in [0.25, 0.3) is 0 Å². The molecule has 1 aliphatic carbocycles. The average molecular weight is 292 g/mol. The van der Waals surface area contributed by atoms with Gasteiger partial charge in [0.2, 0.25) is 0 Å². The fourth-order valence-electron chi connectivity index (χ4n) is 4.01. The Bertz CT molecular complexity index is 494. The molecule has 0 aromatic heterocycles. The van der Waals surface area contributed by atoms with E-state index in [1.165, 1.54) is 31.7 Å². The van der Waals surface area contributed by atoms with Gasteiger partial charge in [-0.25, -0.2) is 4.39 Å². The summed E-state index contributed by atoms with van der Waals surface area (Å²) < 4.78 is 13.9. The minimum atomic E-state index is -0.492. The lowest BCUT2D eigenvalue weighted by molar-refractivity contribution is 0.122. The molecule has 0 bridgehead atoms. The fraction of sp³-hybridized carbons (Fsp3) is 0.647. The number of aryl methyl sites for hydroxylation is 1. The van der Waals surface area contributed by atoms with Crippen LogP contribution in [0.4, 0.5) is 4.39 Å². The summed E-state index contributed by atoms with van der Waals surface area (Å²) in [5.41, 5.74) is 1.83. The third-order valence-corrected chi connectivity index (χ3v) is 5.07. The summed E-state index contributed by atoms with van der Waals surface area (Å²) in [4.78, 5) is 2.44. The van der Waals surface area contributed by atoms with E-state index in [1.54, 1.807) is 6.07 Å². The van der Waals surface area contributed by atoms with Gasteiger partial charge >= 0.3 is 0 Å². The van der Waals surface area contributed by atoms with Crippen LogP contribution >= 0.6 is 0 Å². The van der Waals surface area contributed by atoms with Crippen molar-refractivity contribution in [3.05, 3.63) is 29.1 Å². The highest BCUT2D eigenvalue weighted by atomic mass is 19.1. The summed E-state index contributed by atoms with van der Waals surface area (Å²) in [6, 6.07) is 3.33. The smallest absolute Gasteiger partial charge is 0.165 e. The van der Waals surface area contributed by atoms with Crippen LogP contribution in [0.5, 0.6) is 5.75 Å². The van der Waals surface area contributed by atoms with E-state index in [0.717, 1.165) is 37.3 Å². The van der Waals surface area contributed by atoms with E-state index in [1.807, 2.05) is 6.92 Å². The topological polar surface area (TPSA) is 35.5 Å². The summed E-state index contributed by atoms with van der Waals surface area (Å²) >= 11 is 0. The molecule has 1 atom stereocenters. The van der Waals surface area contributed by atoms with Crippen molar-refractivity contribution < 1.29 is 9.50 Å². The largest absolute Gasteiger partial charge is 0.505 e. The lowest BCUT2D eigenvalue weighted by Crippen LogP contribution is -2.46. The zero-order valence-electron chi connectivity index (χ0n) is 12.7. The van der Waals surface area contributed by atoms with Gasteiger partial charge in [0, 0.05) is 37.8 Å². The van der Waals surface area contributed by atoms with Crippen LogP contribution in [0.3, 0.4) is 0 Å². The highest BCUT2D eigenvalue weighted by Gasteiger charge is 2.34. The number of phenolic OH excluding ortho intramolecular Hbond substituents is 1. The van der Waals surface area contributed by atoms with Gasteiger partial charge in [0.1, 0.15) is 0 Å². The number of phenols is 1. The maximum Gasteiger partial charge on any atom is 0.165 e. The first-order chi connectivity index (χ1) is 10.2. The molecule has 1 aliphatic heterocycles. The van der Waals surface area contributed by atoms with E-state index in [-0.39, 0.29) is 11.8 Å². The first-order valence-corrected chi connectivity index (χ1v) is 8.11. The van der Waals surface area contributed by atoms with Crippen LogP contribution in [-0.2, 0) is 0 Å². The maximum atomic E-state index is 13.9. The molecule has 0 amide bonds. The van der Waals surface area contributed by atoms with Crippen LogP contribution in [0.1, 0.15) is 42.9 Å². The summed E-state index contributed by atoms with van der Waals surface area (Å²) in [6.07, 6.45) is 4.87. The molecule has 0 spiro atoms. The molecule has 2 fully saturated rings. The maximum absolute atomic E-state index is 13.9. The average Bonchev–Trinajstić information content (AvgIpc) is 3.02. The first kappa shape index (κ1) is 14.8. The van der Waals surface area contributed by atoms with Crippen molar-refractivity contribution in [1.29, 1.82) is 0 Å². The first-order valence-electron chi connectivity index (χ1n) is 8.11. The predicted molar refractivity (Wildman–Crippen MR) is 81.9 cm³/mol. The fourth-order valence-corrected chi connectivity index (χ4v) is 4.01. The van der Waals surface area contributed by atoms with Gasteiger partial charge in [-0.3, -0.25) is 4.90 Å².